The zero-order valence-electron chi connectivity index (χ0n) is 28.5. The minimum Gasteiger partial charge on any atom is -0.489 e. The molecule has 48 heavy (non-hydrogen) atoms. The molecule has 0 saturated carbocycles. The molecule has 4 rings (SSSR count). The monoisotopic (exact) mass is 674 g/mol. The second-order valence-electron chi connectivity index (χ2n) is 11.8. The minimum absolute atomic E-state index is 0.197. The van der Waals surface area contributed by atoms with E-state index in [2.05, 4.69) is 30.7 Å². The van der Waals surface area contributed by atoms with E-state index in [0.29, 0.717) is 59.9 Å². The molecule has 0 radical (unpaired) electrons. The lowest BCUT2D eigenvalue weighted by molar-refractivity contribution is -0.145. The van der Waals surface area contributed by atoms with Crippen LogP contribution in [0.25, 0.3) is 5.95 Å². The summed E-state index contributed by atoms with van der Waals surface area (Å²) in [6.07, 6.45) is 9.38. The number of carboxylic acids is 1. The molecule has 1 N–H and O–H groups in total. The van der Waals surface area contributed by atoms with Crippen LogP contribution in [0.4, 0.5) is 0 Å². The molecule has 0 amide bonds. The first-order chi connectivity index (χ1) is 23.2. The SMILES string of the molecule is CCCCc1nc(C)n(-c2ncc(OCCS(C)=O)cn2)c(=O)c1Cc1cc(CCC)c(OC(C(=O)O)c2ccccc2)c(CCC)c1. The van der Waals surface area contributed by atoms with Crippen LogP contribution in [0.2, 0.25) is 0 Å². The highest BCUT2D eigenvalue weighted by Crippen LogP contribution is 2.34. The van der Waals surface area contributed by atoms with Gasteiger partial charge in [0.1, 0.15) is 11.6 Å². The smallest absolute Gasteiger partial charge is 0.349 e. The molecule has 2 heterocycles. The van der Waals surface area contributed by atoms with Gasteiger partial charge in [0, 0.05) is 34.6 Å². The van der Waals surface area contributed by atoms with E-state index in [1.165, 1.54) is 17.0 Å². The Labute approximate surface area is 285 Å². The van der Waals surface area contributed by atoms with Crippen molar-refractivity contribution in [1.29, 1.82) is 0 Å². The van der Waals surface area contributed by atoms with Gasteiger partial charge in [-0.25, -0.2) is 24.3 Å². The maximum Gasteiger partial charge on any atom is 0.349 e. The predicted molar refractivity (Wildman–Crippen MR) is 188 cm³/mol. The fourth-order valence-corrected chi connectivity index (χ4v) is 5.98. The summed E-state index contributed by atoms with van der Waals surface area (Å²) in [5.74, 6) is 1.06. The molecule has 0 aliphatic rings. The van der Waals surface area contributed by atoms with Crippen LogP contribution in [-0.4, -0.2) is 53.4 Å². The summed E-state index contributed by atoms with van der Waals surface area (Å²) >= 11 is 0. The zero-order chi connectivity index (χ0) is 34.6. The number of aromatic nitrogens is 4. The number of unbranched alkanes of at least 4 members (excludes halogenated alkanes) is 1. The quantitative estimate of drug-likeness (QED) is 0.132. The summed E-state index contributed by atoms with van der Waals surface area (Å²) in [5.41, 5.74) is 4.45. The van der Waals surface area contributed by atoms with Gasteiger partial charge in [0.15, 0.2) is 5.75 Å². The third-order valence-corrected chi connectivity index (χ3v) is 8.68. The van der Waals surface area contributed by atoms with E-state index in [-0.39, 0.29) is 18.1 Å². The largest absolute Gasteiger partial charge is 0.489 e. The summed E-state index contributed by atoms with van der Waals surface area (Å²) in [5, 5.41) is 10.1. The average Bonchev–Trinajstić information content (AvgIpc) is 3.06. The van der Waals surface area contributed by atoms with Crippen LogP contribution < -0.4 is 15.0 Å². The van der Waals surface area contributed by atoms with Gasteiger partial charge in [-0.05, 0) is 49.3 Å². The molecule has 0 saturated heterocycles. The number of rotatable bonds is 18. The topological polar surface area (TPSA) is 134 Å². The van der Waals surface area contributed by atoms with Crippen molar-refractivity contribution in [3.63, 3.8) is 0 Å². The summed E-state index contributed by atoms with van der Waals surface area (Å²) in [7, 11) is -0.974. The van der Waals surface area contributed by atoms with Gasteiger partial charge in [0.2, 0.25) is 12.1 Å². The molecule has 2 atom stereocenters. The van der Waals surface area contributed by atoms with E-state index in [9.17, 15) is 18.9 Å². The lowest BCUT2D eigenvalue weighted by atomic mass is 9.94. The Morgan fingerprint density at radius 2 is 1.62 bits per heavy atom. The third-order valence-electron chi connectivity index (χ3n) is 7.94. The summed E-state index contributed by atoms with van der Waals surface area (Å²) in [6, 6.07) is 13.1. The highest BCUT2D eigenvalue weighted by molar-refractivity contribution is 7.84. The maximum absolute atomic E-state index is 14.3. The maximum atomic E-state index is 14.3. The summed E-state index contributed by atoms with van der Waals surface area (Å²) < 4.78 is 24.8. The third kappa shape index (κ3) is 9.37. The minimum atomic E-state index is -1.15. The molecule has 10 nitrogen and oxygen atoms in total. The summed E-state index contributed by atoms with van der Waals surface area (Å²) in [6.45, 7) is 8.32. The van der Waals surface area contributed by atoms with Crippen LogP contribution in [0.5, 0.6) is 11.5 Å². The second kappa shape index (κ2) is 17.7. The number of ether oxygens (including phenoxy) is 2. The summed E-state index contributed by atoms with van der Waals surface area (Å²) in [4.78, 5) is 40.4. The van der Waals surface area contributed by atoms with Crippen LogP contribution in [-0.2, 0) is 41.3 Å². The van der Waals surface area contributed by atoms with E-state index >= 15 is 0 Å². The van der Waals surface area contributed by atoms with Crippen molar-refractivity contribution in [2.45, 2.75) is 85.2 Å². The molecular formula is C37H46N4O6S. The van der Waals surface area contributed by atoms with Crippen LogP contribution in [0, 0.1) is 6.92 Å². The number of nitrogens with zero attached hydrogens (tertiary/aromatic N) is 4. The Hall–Kier alpha value is -4.38. The lowest BCUT2D eigenvalue weighted by Gasteiger charge is -2.22. The molecule has 0 bridgehead atoms. The first kappa shape index (κ1) is 36.5. The standard InChI is InChI=1S/C37H46N4O6S/c1-6-9-17-32-31(35(42)41(25(4)40-32)37-38-23-30(24-39-37)46-18-19-48(5)45)22-26-20-28(13-7-2)33(29(21-26)14-8-3)47-34(36(43)44)27-15-11-10-12-16-27/h10-12,15-16,20-21,23-24,34H,6-9,13-14,17-19,22H2,1-5H3,(H,43,44). The number of benzene rings is 2. The van der Waals surface area contributed by atoms with Crippen LogP contribution in [0.3, 0.4) is 0 Å². The second-order valence-corrected chi connectivity index (χ2v) is 13.4. The number of aliphatic carboxylic acids is 1. The fraction of sp³-hybridized carbons (Fsp3) is 0.432. The Balaban J connectivity index is 1.77. The van der Waals surface area contributed by atoms with Gasteiger partial charge in [-0.15, -0.1) is 0 Å². The van der Waals surface area contributed by atoms with Crippen molar-refractivity contribution in [3.05, 3.63) is 105 Å². The molecule has 0 spiro atoms. The van der Waals surface area contributed by atoms with Gasteiger partial charge >= 0.3 is 5.97 Å². The van der Waals surface area contributed by atoms with Crippen molar-refractivity contribution < 1.29 is 23.6 Å². The number of hydrogen-bond donors (Lipinski definition) is 1. The van der Waals surface area contributed by atoms with Gasteiger partial charge in [-0.1, -0.05) is 82.5 Å². The lowest BCUT2D eigenvalue weighted by Crippen LogP contribution is -2.29. The van der Waals surface area contributed by atoms with Crippen LogP contribution >= 0.6 is 0 Å². The molecule has 2 aromatic carbocycles. The van der Waals surface area contributed by atoms with Crippen molar-refractivity contribution in [2.75, 3.05) is 18.6 Å². The molecule has 2 unspecified atom stereocenters. The van der Waals surface area contributed by atoms with Gasteiger partial charge in [0.05, 0.1) is 30.4 Å². The van der Waals surface area contributed by atoms with E-state index in [4.69, 9.17) is 14.5 Å². The van der Waals surface area contributed by atoms with Gasteiger partial charge < -0.3 is 14.6 Å². The van der Waals surface area contributed by atoms with Crippen molar-refractivity contribution in [3.8, 4) is 17.4 Å². The van der Waals surface area contributed by atoms with Gasteiger partial charge in [-0.2, -0.15) is 0 Å². The Kier molecular flexibility index (Phi) is 13.4. The van der Waals surface area contributed by atoms with Gasteiger partial charge in [0.25, 0.3) is 5.56 Å². The molecule has 2 aromatic heterocycles. The molecule has 0 aliphatic carbocycles. The number of hydrogen-bond acceptors (Lipinski definition) is 8. The van der Waals surface area contributed by atoms with Crippen LogP contribution in [0.15, 0.2) is 59.7 Å². The van der Waals surface area contributed by atoms with E-state index < -0.39 is 22.9 Å². The first-order valence-corrected chi connectivity index (χ1v) is 18.3. The first-order valence-electron chi connectivity index (χ1n) is 16.6. The number of aryl methyl sites for hydroxylation is 4. The van der Waals surface area contributed by atoms with Crippen LogP contribution in [0.1, 0.15) is 91.9 Å². The fourth-order valence-electron chi connectivity index (χ4n) is 5.66. The molecule has 11 heteroatoms. The Bertz CT molecular complexity index is 1730. The van der Waals surface area contributed by atoms with Crippen molar-refractivity contribution in [2.24, 2.45) is 0 Å². The number of carboxylic acid groups (broad SMARTS) is 1. The Morgan fingerprint density at radius 1 is 0.979 bits per heavy atom. The Morgan fingerprint density at radius 3 is 2.19 bits per heavy atom. The molecular weight excluding hydrogens is 628 g/mol. The zero-order valence-corrected chi connectivity index (χ0v) is 29.3. The van der Waals surface area contributed by atoms with Crippen molar-refractivity contribution >= 4 is 16.8 Å². The van der Waals surface area contributed by atoms with E-state index in [0.717, 1.165) is 48.1 Å². The van der Waals surface area contributed by atoms with Crippen molar-refractivity contribution in [1.82, 2.24) is 19.5 Å². The molecule has 256 valence electrons. The normalized spacial score (nSPS) is 12.4. The highest BCUT2D eigenvalue weighted by atomic mass is 32.2. The number of carbonyl (C=O) groups is 1. The molecule has 0 fully saturated rings. The average molecular weight is 675 g/mol. The van der Waals surface area contributed by atoms with E-state index in [1.807, 2.05) is 18.2 Å². The highest BCUT2D eigenvalue weighted by Gasteiger charge is 2.25. The van der Waals surface area contributed by atoms with Gasteiger partial charge in [-0.3, -0.25) is 9.00 Å². The molecule has 4 aromatic rings. The predicted octanol–water partition coefficient (Wildman–Crippen LogP) is 6.13. The van der Waals surface area contributed by atoms with E-state index in [1.54, 1.807) is 37.4 Å². The molecule has 0 aliphatic heterocycles.